The van der Waals surface area contributed by atoms with Gasteiger partial charge in [0.2, 0.25) is 5.91 Å². The number of urea groups is 1. The Bertz CT molecular complexity index is 1170. The van der Waals surface area contributed by atoms with Gasteiger partial charge in [-0.1, -0.05) is 26.0 Å². The molecule has 0 saturated carbocycles. The predicted molar refractivity (Wildman–Crippen MR) is 161 cm³/mol. The van der Waals surface area contributed by atoms with E-state index < -0.39 is 35.2 Å². The summed E-state index contributed by atoms with van der Waals surface area (Å²) in [6.45, 7) is 10.0. The standard InChI is InChI=1S/C31H45N5O7/c1-20(2)28(35-25(38)14-16-36-26(39)12-13-27(36)40)24(37)17-22(7-6-15-33-30(32)42)18-34-23-10-8-21(9-11-23)19-43-29(41)31(3,4)5/h8-13,20,22,28,34H,6-7,14-19H2,1-5H3,(H,35,38)(H3,32,33,42)/t22-,28+/m1/s1. The number of nitrogens with one attached hydrogen (secondary N) is 3. The number of anilines is 1. The van der Waals surface area contributed by atoms with Crippen LogP contribution in [0.1, 0.15) is 65.9 Å². The number of Topliss-reactive ketones (excluding diaryl/α,β-unsaturated/α-hetero) is 1. The van der Waals surface area contributed by atoms with Crippen molar-refractivity contribution in [3.63, 3.8) is 0 Å². The number of esters is 1. The van der Waals surface area contributed by atoms with Crippen LogP contribution in [0.15, 0.2) is 36.4 Å². The Morgan fingerprint density at radius 2 is 1.63 bits per heavy atom. The minimum Gasteiger partial charge on any atom is -0.460 e. The number of hydrogen-bond donors (Lipinski definition) is 4. The first-order valence-corrected chi connectivity index (χ1v) is 14.6. The third-order valence-corrected chi connectivity index (χ3v) is 6.90. The third-order valence-electron chi connectivity index (χ3n) is 6.90. The molecule has 0 unspecified atom stereocenters. The second kappa shape index (κ2) is 16.4. The van der Waals surface area contributed by atoms with Crippen LogP contribution in [-0.4, -0.2) is 66.1 Å². The first kappa shape index (κ1) is 35.0. The molecule has 2 rings (SSSR count). The van der Waals surface area contributed by atoms with Crippen molar-refractivity contribution in [3.8, 4) is 0 Å². The summed E-state index contributed by atoms with van der Waals surface area (Å²) in [7, 11) is 0. The van der Waals surface area contributed by atoms with Crippen LogP contribution in [0.25, 0.3) is 0 Å². The zero-order valence-corrected chi connectivity index (χ0v) is 25.7. The van der Waals surface area contributed by atoms with Gasteiger partial charge in [-0.2, -0.15) is 0 Å². The summed E-state index contributed by atoms with van der Waals surface area (Å²) in [5.74, 6) is -2.06. The molecule has 1 aliphatic heterocycles. The van der Waals surface area contributed by atoms with Crippen LogP contribution >= 0.6 is 0 Å². The summed E-state index contributed by atoms with van der Waals surface area (Å²) >= 11 is 0. The maximum Gasteiger partial charge on any atom is 0.312 e. The highest BCUT2D eigenvalue weighted by molar-refractivity contribution is 6.13. The van der Waals surface area contributed by atoms with E-state index in [-0.39, 0.29) is 49.6 Å². The van der Waals surface area contributed by atoms with Crippen molar-refractivity contribution in [2.24, 2.45) is 23.0 Å². The highest BCUT2D eigenvalue weighted by Gasteiger charge is 2.28. The van der Waals surface area contributed by atoms with Crippen molar-refractivity contribution in [3.05, 3.63) is 42.0 Å². The molecule has 12 heteroatoms. The van der Waals surface area contributed by atoms with Crippen molar-refractivity contribution in [2.45, 2.75) is 73.0 Å². The van der Waals surface area contributed by atoms with E-state index >= 15 is 0 Å². The molecule has 1 aromatic rings. The van der Waals surface area contributed by atoms with Gasteiger partial charge in [0.05, 0.1) is 11.5 Å². The van der Waals surface area contributed by atoms with Gasteiger partial charge < -0.3 is 26.4 Å². The number of primary amides is 1. The van der Waals surface area contributed by atoms with Crippen LogP contribution in [0.5, 0.6) is 0 Å². The molecular weight excluding hydrogens is 554 g/mol. The Hall–Kier alpha value is -4.22. The average molecular weight is 600 g/mol. The first-order valence-electron chi connectivity index (χ1n) is 14.6. The number of carbonyl (C=O) groups is 6. The van der Waals surface area contributed by atoms with E-state index in [0.29, 0.717) is 25.9 Å². The molecule has 1 heterocycles. The zero-order chi connectivity index (χ0) is 32.2. The topological polar surface area (TPSA) is 177 Å². The van der Waals surface area contributed by atoms with Gasteiger partial charge in [0.1, 0.15) is 6.61 Å². The number of ketones is 1. The van der Waals surface area contributed by atoms with Gasteiger partial charge in [0, 0.05) is 50.3 Å². The molecule has 1 aliphatic rings. The SMILES string of the molecule is CC(C)[C@H](NC(=O)CCN1C(=O)C=CC1=O)C(=O)C[C@@H](CCCNC(N)=O)CNc1ccc(COC(=O)C(C)(C)C)cc1. The maximum atomic E-state index is 13.4. The van der Waals surface area contributed by atoms with Crippen LogP contribution in [-0.2, 0) is 35.3 Å². The van der Waals surface area contributed by atoms with Crippen LogP contribution in [0.3, 0.4) is 0 Å². The molecule has 5 amide bonds. The van der Waals surface area contributed by atoms with Crippen molar-refractivity contribution >= 4 is 41.2 Å². The number of rotatable bonds is 17. The lowest BCUT2D eigenvalue weighted by molar-refractivity contribution is -0.154. The molecular formula is C31H45N5O7. The largest absolute Gasteiger partial charge is 0.460 e. The molecule has 0 aliphatic carbocycles. The summed E-state index contributed by atoms with van der Waals surface area (Å²) in [6, 6.07) is 6.11. The summed E-state index contributed by atoms with van der Waals surface area (Å²) in [6.07, 6.45) is 3.61. The Morgan fingerprint density at radius 1 is 1.00 bits per heavy atom. The van der Waals surface area contributed by atoms with Crippen molar-refractivity contribution in [1.82, 2.24) is 15.5 Å². The number of hydrogen-bond acceptors (Lipinski definition) is 8. The number of carbonyl (C=O) groups excluding carboxylic acids is 6. The van der Waals surface area contributed by atoms with E-state index in [9.17, 15) is 28.8 Å². The Kier molecular flexibility index (Phi) is 13.4. The molecule has 0 radical (unpaired) electrons. The second-order valence-electron chi connectivity index (χ2n) is 12.1. The summed E-state index contributed by atoms with van der Waals surface area (Å²) in [5, 5.41) is 8.69. The summed E-state index contributed by atoms with van der Waals surface area (Å²) in [5.41, 5.74) is 6.26. The number of amides is 5. The molecule has 43 heavy (non-hydrogen) atoms. The number of benzene rings is 1. The number of nitrogens with zero attached hydrogens (tertiary/aromatic N) is 1. The van der Waals surface area contributed by atoms with Crippen molar-refractivity contribution in [1.29, 1.82) is 0 Å². The molecule has 0 fully saturated rings. The Labute approximate surface area is 253 Å². The van der Waals surface area contributed by atoms with E-state index in [0.717, 1.165) is 28.3 Å². The van der Waals surface area contributed by atoms with Crippen LogP contribution in [0.2, 0.25) is 0 Å². The number of ether oxygens (including phenoxy) is 1. The van der Waals surface area contributed by atoms with Crippen molar-refractivity contribution < 1.29 is 33.5 Å². The fraction of sp³-hybridized carbons (Fsp3) is 0.548. The molecule has 0 saturated heterocycles. The lowest BCUT2D eigenvalue weighted by Gasteiger charge is -2.25. The zero-order valence-electron chi connectivity index (χ0n) is 25.7. The quantitative estimate of drug-likeness (QED) is 0.120. The summed E-state index contributed by atoms with van der Waals surface area (Å²) in [4.78, 5) is 73.6. The fourth-order valence-corrected chi connectivity index (χ4v) is 4.37. The van der Waals surface area contributed by atoms with Gasteiger partial charge >= 0.3 is 12.0 Å². The minimum atomic E-state index is -0.739. The van der Waals surface area contributed by atoms with Gasteiger partial charge in [0.25, 0.3) is 11.8 Å². The second-order valence-corrected chi connectivity index (χ2v) is 12.1. The Balaban J connectivity index is 1.97. The van der Waals surface area contributed by atoms with Crippen LogP contribution in [0.4, 0.5) is 10.5 Å². The molecule has 0 aromatic heterocycles. The first-order chi connectivity index (χ1) is 20.2. The monoisotopic (exact) mass is 599 g/mol. The van der Waals surface area contributed by atoms with Gasteiger partial charge in [-0.3, -0.25) is 28.9 Å². The number of imide groups is 1. The number of nitrogens with two attached hydrogens (primary N) is 1. The fourth-order valence-electron chi connectivity index (χ4n) is 4.37. The maximum absolute atomic E-state index is 13.4. The van der Waals surface area contributed by atoms with E-state index in [1.165, 1.54) is 0 Å². The lowest BCUT2D eigenvalue weighted by Crippen LogP contribution is -2.46. The van der Waals surface area contributed by atoms with Gasteiger partial charge in [-0.25, -0.2) is 4.79 Å². The Morgan fingerprint density at radius 3 is 2.19 bits per heavy atom. The predicted octanol–water partition coefficient (Wildman–Crippen LogP) is 2.67. The van der Waals surface area contributed by atoms with Gasteiger partial charge in [0.15, 0.2) is 5.78 Å². The molecule has 0 spiro atoms. The highest BCUT2D eigenvalue weighted by Crippen LogP contribution is 2.20. The highest BCUT2D eigenvalue weighted by atomic mass is 16.5. The molecule has 0 bridgehead atoms. The smallest absolute Gasteiger partial charge is 0.312 e. The molecule has 1 aromatic carbocycles. The normalized spacial score (nSPS) is 14.4. The van der Waals surface area contributed by atoms with Gasteiger partial charge in [-0.15, -0.1) is 0 Å². The van der Waals surface area contributed by atoms with E-state index in [1.54, 1.807) is 20.8 Å². The van der Waals surface area contributed by atoms with Crippen LogP contribution < -0.4 is 21.7 Å². The van der Waals surface area contributed by atoms with E-state index in [1.807, 2.05) is 38.1 Å². The lowest BCUT2D eigenvalue weighted by atomic mass is 9.90. The van der Waals surface area contributed by atoms with E-state index in [4.69, 9.17) is 10.5 Å². The minimum absolute atomic E-state index is 0.0628. The van der Waals surface area contributed by atoms with E-state index in [2.05, 4.69) is 16.0 Å². The van der Waals surface area contributed by atoms with Crippen molar-refractivity contribution in [2.75, 3.05) is 25.0 Å². The average Bonchev–Trinajstić information content (AvgIpc) is 3.26. The molecule has 2 atom stereocenters. The molecule has 5 N–H and O–H groups in total. The van der Waals surface area contributed by atoms with Gasteiger partial charge in [-0.05, 0) is 63.1 Å². The molecule has 12 nitrogen and oxygen atoms in total. The summed E-state index contributed by atoms with van der Waals surface area (Å²) < 4.78 is 5.37. The molecule has 236 valence electrons. The third kappa shape index (κ3) is 12.3. The van der Waals surface area contributed by atoms with Crippen LogP contribution in [0, 0.1) is 17.3 Å².